The fraction of sp³-hybridized carbons (Fsp3) is 0.429. The first-order valence-corrected chi connectivity index (χ1v) is 6.37. The Morgan fingerprint density at radius 1 is 1.26 bits per heavy atom. The molecule has 104 valence electrons. The van der Waals surface area contributed by atoms with Gasteiger partial charge in [0.05, 0.1) is 10.5 Å². The third kappa shape index (κ3) is 3.98. The van der Waals surface area contributed by atoms with Crippen molar-refractivity contribution in [3.63, 3.8) is 0 Å². The van der Waals surface area contributed by atoms with E-state index in [9.17, 15) is 10.1 Å². The van der Waals surface area contributed by atoms with Crippen molar-refractivity contribution in [1.82, 2.24) is 4.90 Å². The van der Waals surface area contributed by atoms with Crippen molar-refractivity contribution in [2.24, 2.45) is 0 Å². The number of nitro benzene ring substituents is 1. The van der Waals surface area contributed by atoms with Gasteiger partial charge in [-0.1, -0.05) is 0 Å². The smallest absolute Gasteiger partial charge is 0.276 e. The zero-order chi connectivity index (χ0) is 14.4. The summed E-state index contributed by atoms with van der Waals surface area (Å²) in [5.74, 6) is 0. The highest BCUT2D eigenvalue weighted by atomic mass is 16.6. The lowest BCUT2D eigenvalue weighted by molar-refractivity contribution is -0.385. The molecule has 5 heteroatoms. The van der Waals surface area contributed by atoms with E-state index in [0.717, 1.165) is 18.8 Å². The van der Waals surface area contributed by atoms with Gasteiger partial charge in [-0.15, -0.1) is 0 Å². The van der Waals surface area contributed by atoms with Crippen LogP contribution in [0.15, 0.2) is 24.4 Å². The first kappa shape index (κ1) is 15.0. The number of rotatable bonds is 6. The van der Waals surface area contributed by atoms with Crippen LogP contribution in [-0.2, 0) is 0 Å². The number of hydrogen-bond donors (Lipinski definition) is 0. The van der Waals surface area contributed by atoms with Crippen LogP contribution >= 0.6 is 0 Å². The van der Waals surface area contributed by atoms with E-state index in [4.69, 9.17) is 0 Å². The van der Waals surface area contributed by atoms with E-state index >= 15 is 0 Å². The van der Waals surface area contributed by atoms with Gasteiger partial charge in [-0.05, 0) is 38.3 Å². The number of nitro groups is 1. The molecule has 19 heavy (non-hydrogen) atoms. The van der Waals surface area contributed by atoms with E-state index in [2.05, 4.69) is 18.7 Å². The van der Waals surface area contributed by atoms with Gasteiger partial charge in [0.2, 0.25) is 0 Å². The minimum absolute atomic E-state index is 0.133. The Kier molecular flexibility index (Phi) is 5.36. The third-order valence-electron chi connectivity index (χ3n) is 2.89. The van der Waals surface area contributed by atoms with Gasteiger partial charge in [0.15, 0.2) is 0 Å². The van der Waals surface area contributed by atoms with Gasteiger partial charge in [-0.3, -0.25) is 10.1 Å². The molecule has 0 heterocycles. The van der Waals surface area contributed by atoms with Crippen molar-refractivity contribution in [1.29, 1.82) is 0 Å². The van der Waals surface area contributed by atoms with Gasteiger partial charge in [0, 0.05) is 38.9 Å². The Balaban J connectivity index is 3.21. The first-order valence-electron chi connectivity index (χ1n) is 6.37. The summed E-state index contributed by atoms with van der Waals surface area (Å²) in [6.07, 6.45) is 3.58. The van der Waals surface area contributed by atoms with Gasteiger partial charge in [0.25, 0.3) is 5.69 Å². The summed E-state index contributed by atoms with van der Waals surface area (Å²) < 4.78 is 0. The van der Waals surface area contributed by atoms with Crippen LogP contribution in [0.4, 0.5) is 11.4 Å². The number of benzene rings is 1. The Bertz CT molecular complexity index is 466. The lowest BCUT2D eigenvalue weighted by Gasteiger charge is -2.21. The Morgan fingerprint density at radius 2 is 1.89 bits per heavy atom. The molecule has 0 radical (unpaired) electrons. The van der Waals surface area contributed by atoms with Crippen LogP contribution in [0.25, 0.3) is 6.08 Å². The first-order chi connectivity index (χ1) is 8.99. The zero-order valence-corrected chi connectivity index (χ0v) is 12.0. The molecule has 0 aliphatic carbocycles. The van der Waals surface area contributed by atoms with Crippen molar-refractivity contribution >= 4 is 17.5 Å². The van der Waals surface area contributed by atoms with Crippen molar-refractivity contribution < 1.29 is 4.92 Å². The quantitative estimate of drug-likeness (QED) is 0.585. The molecule has 0 atom stereocenters. The predicted molar refractivity (Wildman–Crippen MR) is 79.4 cm³/mol. The van der Waals surface area contributed by atoms with E-state index in [1.165, 1.54) is 0 Å². The minimum Gasteiger partial charge on any atom is -0.383 e. The molecule has 5 nitrogen and oxygen atoms in total. The average Bonchev–Trinajstić information content (AvgIpc) is 2.37. The van der Waals surface area contributed by atoms with Crippen LogP contribution in [0.1, 0.15) is 19.4 Å². The molecule has 0 aromatic heterocycles. The molecule has 1 aromatic rings. The van der Waals surface area contributed by atoms with Crippen molar-refractivity contribution in [3.05, 3.63) is 40.1 Å². The van der Waals surface area contributed by atoms with Crippen molar-refractivity contribution in [2.45, 2.75) is 13.8 Å². The summed E-state index contributed by atoms with van der Waals surface area (Å²) in [5, 5.41) is 11.0. The zero-order valence-electron chi connectivity index (χ0n) is 12.0. The number of hydrogen-bond acceptors (Lipinski definition) is 4. The average molecular weight is 263 g/mol. The fourth-order valence-electron chi connectivity index (χ4n) is 1.86. The van der Waals surface area contributed by atoms with Crippen LogP contribution in [0.5, 0.6) is 0 Å². The maximum Gasteiger partial charge on any atom is 0.276 e. The molecule has 0 spiro atoms. The lowest BCUT2D eigenvalue weighted by atomic mass is 10.1. The Labute approximate surface area is 114 Å². The molecule has 0 saturated heterocycles. The SMILES string of the molecule is CCN(CC)c1ccc([N+](=O)[O-])c(/C=C/N(C)C)c1. The van der Waals surface area contributed by atoms with E-state index < -0.39 is 0 Å². The molecule has 0 aliphatic heterocycles. The molecule has 1 rings (SSSR count). The molecule has 0 unspecified atom stereocenters. The van der Waals surface area contributed by atoms with Gasteiger partial charge in [0.1, 0.15) is 0 Å². The maximum atomic E-state index is 11.0. The summed E-state index contributed by atoms with van der Waals surface area (Å²) in [7, 11) is 3.77. The van der Waals surface area contributed by atoms with E-state index in [1.54, 1.807) is 18.2 Å². The molecule has 0 N–H and O–H groups in total. The molecule has 0 aliphatic rings. The van der Waals surface area contributed by atoms with Crippen molar-refractivity contribution in [3.8, 4) is 0 Å². The van der Waals surface area contributed by atoms with E-state index in [-0.39, 0.29) is 10.6 Å². The summed E-state index contributed by atoms with van der Waals surface area (Å²) in [6, 6.07) is 5.24. The molecule has 0 amide bonds. The minimum atomic E-state index is -0.346. The summed E-state index contributed by atoms with van der Waals surface area (Å²) in [6.45, 7) is 5.90. The Hall–Kier alpha value is -2.04. The van der Waals surface area contributed by atoms with Crippen LogP contribution in [-0.4, -0.2) is 37.0 Å². The monoisotopic (exact) mass is 263 g/mol. The molecule has 1 aromatic carbocycles. The molecular weight excluding hydrogens is 242 g/mol. The summed E-state index contributed by atoms with van der Waals surface area (Å²) in [5.41, 5.74) is 1.77. The highest BCUT2D eigenvalue weighted by Crippen LogP contribution is 2.26. The van der Waals surface area contributed by atoms with Crippen molar-refractivity contribution in [2.75, 3.05) is 32.1 Å². The summed E-state index contributed by atoms with van der Waals surface area (Å²) >= 11 is 0. The molecule has 0 bridgehead atoms. The van der Waals surface area contributed by atoms with Crippen LogP contribution in [0.2, 0.25) is 0 Å². The fourth-order valence-corrected chi connectivity index (χ4v) is 1.86. The third-order valence-corrected chi connectivity index (χ3v) is 2.89. The van der Waals surface area contributed by atoms with E-state index in [1.807, 2.05) is 31.3 Å². The summed E-state index contributed by atoms with van der Waals surface area (Å²) in [4.78, 5) is 14.7. The molecule has 0 saturated carbocycles. The van der Waals surface area contributed by atoms with Gasteiger partial charge >= 0.3 is 0 Å². The van der Waals surface area contributed by atoms with Crippen LogP contribution in [0.3, 0.4) is 0 Å². The molecule has 0 fully saturated rings. The molecular formula is C14H21N3O2. The standard InChI is InChI=1S/C14H21N3O2/c1-5-16(6-2)13-7-8-14(17(18)19)12(11-13)9-10-15(3)4/h7-11H,5-6H2,1-4H3/b10-9+. The van der Waals surface area contributed by atoms with Gasteiger partial charge < -0.3 is 9.80 Å². The van der Waals surface area contributed by atoms with Crippen LogP contribution in [0, 0.1) is 10.1 Å². The normalized spacial score (nSPS) is 10.7. The highest BCUT2D eigenvalue weighted by molar-refractivity contribution is 5.67. The number of nitrogens with zero attached hydrogens (tertiary/aromatic N) is 3. The second-order valence-corrected chi connectivity index (χ2v) is 4.45. The second-order valence-electron chi connectivity index (χ2n) is 4.45. The highest BCUT2D eigenvalue weighted by Gasteiger charge is 2.13. The number of anilines is 1. The lowest BCUT2D eigenvalue weighted by Crippen LogP contribution is -2.21. The Morgan fingerprint density at radius 3 is 2.37 bits per heavy atom. The topological polar surface area (TPSA) is 49.6 Å². The maximum absolute atomic E-state index is 11.0. The van der Waals surface area contributed by atoms with Gasteiger partial charge in [-0.25, -0.2) is 0 Å². The van der Waals surface area contributed by atoms with E-state index in [0.29, 0.717) is 5.56 Å². The van der Waals surface area contributed by atoms with Gasteiger partial charge in [-0.2, -0.15) is 0 Å². The largest absolute Gasteiger partial charge is 0.383 e. The second kappa shape index (κ2) is 6.78. The van der Waals surface area contributed by atoms with Crippen LogP contribution < -0.4 is 4.90 Å². The predicted octanol–water partition coefficient (Wildman–Crippen LogP) is 2.97.